The van der Waals surface area contributed by atoms with E-state index in [1.54, 1.807) is 6.07 Å². The fourth-order valence-electron chi connectivity index (χ4n) is 2.28. The average molecular weight is 233 g/mol. The van der Waals surface area contributed by atoms with Crippen LogP contribution in [0.25, 0.3) is 0 Å². The lowest BCUT2D eigenvalue weighted by Crippen LogP contribution is -2.41. The van der Waals surface area contributed by atoms with E-state index in [1.165, 1.54) is 0 Å². The molecule has 1 fully saturated rings. The zero-order valence-corrected chi connectivity index (χ0v) is 10.1. The Labute approximate surface area is 102 Å². The highest BCUT2D eigenvalue weighted by atomic mass is 16.1. The maximum atomic E-state index is 11.1. The molecular weight excluding hydrogens is 214 g/mol. The smallest absolute Gasteiger partial charge is 0.248 e. The van der Waals surface area contributed by atoms with Crippen LogP contribution in [0, 0.1) is 0 Å². The summed E-state index contributed by atoms with van der Waals surface area (Å²) in [5, 5.41) is 3.35. The highest BCUT2D eigenvalue weighted by molar-refractivity contribution is 5.93. The van der Waals surface area contributed by atoms with Gasteiger partial charge in [0, 0.05) is 24.3 Å². The molecule has 2 rings (SSSR count). The molecule has 3 N–H and O–H groups in total. The molecule has 0 bridgehead atoms. The maximum absolute atomic E-state index is 11.1. The quantitative estimate of drug-likeness (QED) is 0.818. The van der Waals surface area contributed by atoms with Gasteiger partial charge in [-0.05, 0) is 44.1 Å². The van der Waals surface area contributed by atoms with E-state index >= 15 is 0 Å². The Morgan fingerprint density at radius 1 is 1.41 bits per heavy atom. The average Bonchev–Trinajstić information content (AvgIpc) is 2.39. The molecule has 1 amide bonds. The Hall–Kier alpha value is -1.55. The van der Waals surface area contributed by atoms with Crippen LogP contribution in [-0.2, 0) is 0 Å². The maximum Gasteiger partial charge on any atom is 0.248 e. The van der Waals surface area contributed by atoms with Gasteiger partial charge in [0.1, 0.15) is 0 Å². The van der Waals surface area contributed by atoms with Crippen LogP contribution >= 0.6 is 0 Å². The van der Waals surface area contributed by atoms with Gasteiger partial charge < -0.3 is 16.0 Å². The van der Waals surface area contributed by atoms with Crippen molar-refractivity contribution in [1.82, 2.24) is 5.32 Å². The van der Waals surface area contributed by atoms with E-state index in [0.717, 1.165) is 31.6 Å². The highest BCUT2D eigenvalue weighted by Crippen LogP contribution is 2.20. The van der Waals surface area contributed by atoms with Crippen LogP contribution < -0.4 is 16.0 Å². The first kappa shape index (κ1) is 11.9. The van der Waals surface area contributed by atoms with Gasteiger partial charge in [-0.25, -0.2) is 0 Å². The molecule has 0 spiro atoms. The van der Waals surface area contributed by atoms with Gasteiger partial charge in [-0.2, -0.15) is 0 Å². The molecule has 0 aromatic heterocycles. The van der Waals surface area contributed by atoms with Crippen molar-refractivity contribution in [3.8, 4) is 0 Å². The van der Waals surface area contributed by atoms with Gasteiger partial charge in [-0.3, -0.25) is 4.79 Å². The van der Waals surface area contributed by atoms with Crippen molar-refractivity contribution in [2.45, 2.75) is 18.9 Å². The monoisotopic (exact) mass is 233 g/mol. The molecule has 1 aliphatic heterocycles. The summed E-state index contributed by atoms with van der Waals surface area (Å²) in [6.07, 6.45) is 2.27. The minimum Gasteiger partial charge on any atom is -0.371 e. The molecular formula is C13H19N3O. The standard InChI is InChI=1S/C13H19N3O/c1-16(11-5-7-15-8-6-11)12-4-2-3-10(9-12)13(14)17/h2-4,9,11,15H,5-8H2,1H3,(H2,14,17). The summed E-state index contributed by atoms with van der Waals surface area (Å²) in [6.45, 7) is 2.12. The minimum absolute atomic E-state index is 0.370. The van der Waals surface area contributed by atoms with Gasteiger partial charge in [-0.15, -0.1) is 0 Å². The molecule has 1 saturated heterocycles. The van der Waals surface area contributed by atoms with Crippen molar-refractivity contribution in [2.75, 3.05) is 25.0 Å². The van der Waals surface area contributed by atoms with E-state index < -0.39 is 0 Å². The second-order valence-electron chi connectivity index (χ2n) is 4.51. The van der Waals surface area contributed by atoms with Crippen molar-refractivity contribution >= 4 is 11.6 Å². The third-order valence-electron chi connectivity index (χ3n) is 3.39. The van der Waals surface area contributed by atoms with Crippen LogP contribution in [0.15, 0.2) is 24.3 Å². The Morgan fingerprint density at radius 3 is 2.76 bits per heavy atom. The second kappa shape index (κ2) is 5.19. The molecule has 92 valence electrons. The predicted molar refractivity (Wildman–Crippen MR) is 69.3 cm³/mol. The number of carbonyl (C=O) groups excluding carboxylic acids is 1. The molecule has 1 aliphatic rings. The Balaban J connectivity index is 2.14. The lowest BCUT2D eigenvalue weighted by atomic mass is 10.0. The van der Waals surface area contributed by atoms with Crippen molar-refractivity contribution in [3.05, 3.63) is 29.8 Å². The topological polar surface area (TPSA) is 58.4 Å². The molecule has 4 nitrogen and oxygen atoms in total. The third kappa shape index (κ3) is 2.77. The van der Waals surface area contributed by atoms with E-state index in [2.05, 4.69) is 17.3 Å². The number of hydrogen-bond acceptors (Lipinski definition) is 3. The van der Waals surface area contributed by atoms with E-state index in [4.69, 9.17) is 5.73 Å². The van der Waals surface area contributed by atoms with Crippen LogP contribution in [0.4, 0.5) is 5.69 Å². The van der Waals surface area contributed by atoms with Gasteiger partial charge in [-0.1, -0.05) is 6.07 Å². The second-order valence-corrected chi connectivity index (χ2v) is 4.51. The summed E-state index contributed by atoms with van der Waals surface area (Å²) in [5.41, 5.74) is 6.93. The van der Waals surface area contributed by atoms with Crippen molar-refractivity contribution < 1.29 is 4.79 Å². The largest absolute Gasteiger partial charge is 0.371 e. The van der Waals surface area contributed by atoms with Gasteiger partial charge in [0.05, 0.1) is 0 Å². The number of piperidine rings is 1. The summed E-state index contributed by atoms with van der Waals surface area (Å²) >= 11 is 0. The number of amides is 1. The van der Waals surface area contributed by atoms with Crippen LogP contribution in [-0.4, -0.2) is 32.1 Å². The van der Waals surface area contributed by atoms with E-state index in [0.29, 0.717) is 11.6 Å². The predicted octanol–water partition coefficient (Wildman–Crippen LogP) is 0.974. The van der Waals surface area contributed by atoms with Crippen molar-refractivity contribution in [2.24, 2.45) is 5.73 Å². The Kier molecular flexibility index (Phi) is 3.64. The zero-order chi connectivity index (χ0) is 12.3. The molecule has 1 aromatic rings. The van der Waals surface area contributed by atoms with Crippen LogP contribution in [0.5, 0.6) is 0 Å². The van der Waals surface area contributed by atoms with Crippen molar-refractivity contribution in [3.63, 3.8) is 0 Å². The zero-order valence-electron chi connectivity index (χ0n) is 10.1. The number of nitrogens with two attached hydrogens (primary N) is 1. The number of hydrogen-bond donors (Lipinski definition) is 2. The molecule has 1 heterocycles. The Morgan fingerprint density at radius 2 is 2.12 bits per heavy atom. The third-order valence-corrected chi connectivity index (χ3v) is 3.39. The normalized spacial score (nSPS) is 16.8. The molecule has 0 radical (unpaired) electrons. The van der Waals surface area contributed by atoms with Crippen molar-refractivity contribution in [1.29, 1.82) is 0 Å². The number of nitrogens with one attached hydrogen (secondary N) is 1. The first-order valence-electron chi connectivity index (χ1n) is 6.02. The first-order chi connectivity index (χ1) is 8.18. The molecule has 0 aliphatic carbocycles. The number of carbonyl (C=O) groups is 1. The fraction of sp³-hybridized carbons (Fsp3) is 0.462. The molecule has 4 heteroatoms. The summed E-state index contributed by atoms with van der Waals surface area (Å²) in [6, 6.07) is 8.06. The lowest BCUT2D eigenvalue weighted by molar-refractivity contribution is 0.100. The molecule has 1 aromatic carbocycles. The van der Waals surface area contributed by atoms with Gasteiger partial charge >= 0.3 is 0 Å². The molecule has 0 atom stereocenters. The number of nitrogens with zero attached hydrogens (tertiary/aromatic N) is 1. The van der Waals surface area contributed by atoms with Gasteiger partial charge in [0.25, 0.3) is 0 Å². The lowest BCUT2D eigenvalue weighted by Gasteiger charge is -2.33. The van der Waals surface area contributed by atoms with Crippen LogP contribution in [0.2, 0.25) is 0 Å². The first-order valence-corrected chi connectivity index (χ1v) is 6.02. The van der Waals surface area contributed by atoms with Crippen LogP contribution in [0.3, 0.4) is 0 Å². The van der Waals surface area contributed by atoms with E-state index in [1.807, 2.05) is 18.2 Å². The minimum atomic E-state index is -0.370. The fourth-order valence-corrected chi connectivity index (χ4v) is 2.28. The summed E-state index contributed by atoms with van der Waals surface area (Å²) in [7, 11) is 2.08. The summed E-state index contributed by atoms with van der Waals surface area (Å²) in [4.78, 5) is 13.4. The Bertz CT molecular complexity index is 399. The van der Waals surface area contributed by atoms with Crippen LogP contribution in [0.1, 0.15) is 23.2 Å². The highest BCUT2D eigenvalue weighted by Gasteiger charge is 2.18. The number of anilines is 1. The SMILES string of the molecule is CN(c1cccc(C(N)=O)c1)C1CCNCC1. The summed E-state index contributed by atoms with van der Waals surface area (Å²) in [5.74, 6) is -0.370. The number of rotatable bonds is 3. The molecule has 0 unspecified atom stereocenters. The van der Waals surface area contributed by atoms with E-state index in [9.17, 15) is 4.79 Å². The summed E-state index contributed by atoms with van der Waals surface area (Å²) < 4.78 is 0. The molecule has 0 saturated carbocycles. The van der Waals surface area contributed by atoms with Gasteiger partial charge in [0.15, 0.2) is 0 Å². The molecule has 17 heavy (non-hydrogen) atoms. The van der Waals surface area contributed by atoms with E-state index in [-0.39, 0.29) is 5.91 Å². The number of benzene rings is 1. The van der Waals surface area contributed by atoms with Gasteiger partial charge in [0.2, 0.25) is 5.91 Å². The number of primary amides is 1.